The summed E-state index contributed by atoms with van der Waals surface area (Å²) in [5, 5.41) is 0. The lowest BCUT2D eigenvalue weighted by molar-refractivity contribution is -0.130. The van der Waals surface area contributed by atoms with Crippen molar-refractivity contribution in [1.29, 1.82) is 0 Å². The SMILES string of the molecule is COc1ccc([C@H]2CN(C(C)=O)[C@@H]3CCCN(CC4CCCCC4)[C@H]23)cc1. The molecule has 1 aromatic carbocycles. The van der Waals surface area contributed by atoms with Crippen molar-refractivity contribution in [2.75, 3.05) is 26.7 Å². The number of piperidine rings is 1. The number of carbonyl (C=O) groups is 1. The van der Waals surface area contributed by atoms with Gasteiger partial charge in [0.05, 0.1) is 7.11 Å². The Morgan fingerprint density at radius 3 is 2.48 bits per heavy atom. The number of carbonyl (C=O) groups excluding carboxylic acids is 1. The molecule has 1 aliphatic carbocycles. The van der Waals surface area contributed by atoms with E-state index < -0.39 is 0 Å². The van der Waals surface area contributed by atoms with Crippen LogP contribution >= 0.6 is 0 Å². The molecular weight excluding hydrogens is 336 g/mol. The Labute approximate surface area is 163 Å². The number of ether oxygens (including phenoxy) is 1. The Hall–Kier alpha value is -1.55. The van der Waals surface area contributed by atoms with Crippen LogP contribution in [0.15, 0.2) is 24.3 Å². The van der Waals surface area contributed by atoms with E-state index in [0.29, 0.717) is 18.0 Å². The van der Waals surface area contributed by atoms with E-state index in [-0.39, 0.29) is 5.91 Å². The van der Waals surface area contributed by atoms with Crippen LogP contribution in [0.3, 0.4) is 0 Å². The third kappa shape index (κ3) is 3.87. The highest BCUT2D eigenvalue weighted by Gasteiger charge is 2.48. The molecule has 4 heteroatoms. The van der Waals surface area contributed by atoms with Crippen molar-refractivity contribution in [3.8, 4) is 5.75 Å². The van der Waals surface area contributed by atoms with Gasteiger partial charge in [0.25, 0.3) is 0 Å². The van der Waals surface area contributed by atoms with Gasteiger partial charge in [-0.2, -0.15) is 0 Å². The minimum Gasteiger partial charge on any atom is -0.497 e. The molecule has 3 atom stereocenters. The maximum absolute atomic E-state index is 12.4. The lowest BCUT2D eigenvalue weighted by Crippen LogP contribution is -2.53. The van der Waals surface area contributed by atoms with Crippen LogP contribution in [0.5, 0.6) is 5.75 Å². The van der Waals surface area contributed by atoms with Crippen LogP contribution in [-0.2, 0) is 4.79 Å². The molecule has 0 N–H and O–H groups in total. The zero-order valence-corrected chi connectivity index (χ0v) is 16.9. The first kappa shape index (κ1) is 18.8. The maximum atomic E-state index is 12.4. The van der Waals surface area contributed by atoms with Crippen molar-refractivity contribution in [2.45, 2.75) is 69.9 Å². The van der Waals surface area contributed by atoms with Gasteiger partial charge >= 0.3 is 0 Å². The van der Waals surface area contributed by atoms with Gasteiger partial charge in [0.15, 0.2) is 0 Å². The molecule has 1 aromatic rings. The molecule has 0 spiro atoms. The van der Waals surface area contributed by atoms with E-state index in [1.165, 1.54) is 57.2 Å². The summed E-state index contributed by atoms with van der Waals surface area (Å²) in [5.41, 5.74) is 1.35. The molecule has 1 saturated carbocycles. The number of hydrogen-bond acceptors (Lipinski definition) is 3. The van der Waals surface area contributed by atoms with Crippen LogP contribution < -0.4 is 4.74 Å². The van der Waals surface area contributed by atoms with Crippen LogP contribution in [0.4, 0.5) is 0 Å². The van der Waals surface area contributed by atoms with Gasteiger partial charge in [-0.3, -0.25) is 9.69 Å². The van der Waals surface area contributed by atoms with Gasteiger partial charge in [0.1, 0.15) is 5.75 Å². The first-order valence-electron chi connectivity index (χ1n) is 10.8. The second-order valence-corrected chi connectivity index (χ2v) is 8.75. The lowest BCUT2D eigenvalue weighted by Gasteiger charge is -2.43. The molecule has 1 amide bonds. The Balaban J connectivity index is 1.59. The van der Waals surface area contributed by atoms with Gasteiger partial charge in [-0.05, 0) is 55.8 Å². The predicted molar refractivity (Wildman–Crippen MR) is 108 cm³/mol. The molecule has 3 fully saturated rings. The van der Waals surface area contributed by atoms with E-state index >= 15 is 0 Å². The number of methoxy groups -OCH3 is 1. The van der Waals surface area contributed by atoms with E-state index in [4.69, 9.17) is 4.74 Å². The normalized spacial score (nSPS) is 29.6. The summed E-state index contributed by atoms with van der Waals surface area (Å²) in [6.45, 7) is 5.02. The van der Waals surface area contributed by atoms with E-state index in [1.807, 2.05) is 0 Å². The molecule has 0 unspecified atom stereocenters. The number of nitrogens with zero attached hydrogens (tertiary/aromatic N) is 2. The average Bonchev–Trinajstić information content (AvgIpc) is 3.10. The molecule has 0 radical (unpaired) electrons. The second-order valence-electron chi connectivity index (χ2n) is 8.75. The molecule has 4 rings (SSSR count). The Bertz CT molecular complexity index is 638. The van der Waals surface area contributed by atoms with Crippen LogP contribution in [0.1, 0.15) is 63.4 Å². The number of amides is 1. The average molecular weight is 371 g/mol. The van der Waals surface area contributed by atoms with Gasteiger partial charge < -0.3 is 9.64 Å². The van der Waals surface area contributed by atoms with Crippen molar-refractivity contribution in [2.24, 2.45) is 5.92 Å². The number of fused-ring (bicyclic) bond motifs is 1. The van der Waals surface area contributed by atoms with Gasteiger partial charge in [-0.15, -0.1) is 0 Å². The van der Waals surface area contributed by atoms with Crippen LogP contribution in [0, 0.1) is 5.92 Å². The Kier molecular flexibility index (Phi) is 5.72. The molecule has 2 saturated heterocycles. The summed E-state index contributed by atoms with van der Waals surface area (Å²) >= 11 is 0. The van der Waals surface area contributed by atoms with Crippen molar-refractivity contribution in [1.82, 2.24) is 9.80 Å². The topological polar surface area (TPSA) is 32.8 Å². The standard InChI is InChI=1S/C23H34N2O2/c1-17(26)25-16-21(19-10-12-20(27-2)13-11-19)23-22(25)9-6-14-24(23)15-18-7-4-3-5-8-18/h10-13,18,21-23H,3-9,14-16H2,1-2H3/t21-,22-,23-/m1/s1. The lowest BCUT2D eigenvalue weighted by atomic mass is 9.83. The Morgan fingerprint density at radius 1 is 1.07 bits per heavy atom. The molecule has 2 aliphatic heterocycles. The Morgan fingerprint density at radius 2 is 1.81 bits per heavy atom. The zero-order valence-electron chi connectivity index (χ0n) is 16.9. The van der Waals surface area contributed by atoms with Crippen molar-refractivity contribution < 1.29 is 9.53 Å². The number of benzene rings is 1. The molecular formula is C23H34N2O2. The smallest absolute Gasteiger partial charge is 0.219 e. The highest BCUT2D eigenvalue weighted by molar-refractivity contribution is 5.74. The van der Waals surface area contributed by atoms with Crippen LogP contribution in [-0.4, -0.2) is 54.5 Å². The minimum absolute atomic E-state index is 0.237. The second kappa shape index (κ2) is 8.22. The summed E-state index contributed by atoms with van der Waals surface area (Å²) in [6.07, 6.45) is 9.34. The summed E-state index contributed by atoms with van der Waals surface area (Å²) in [4.78, 5) is 17.3. The van der Waals surface area contributed by atoms with E-state index in [0.717, 1.165) is 24.6 Å². The maximum Gasteiger partial charge on any atom is 0.219 e. The third-order valence-electron chi connectivity index (χ3n) is 7.13. The largest absolute Gasteiger partial charge is 0.497 e. The van der Waals surface area contributed by atoms with Gasteiger partial charge in [-0.1, -0.05) is 31.4 Å². The summed E-state index contributed by atoms with van der Waals surface area (Å²) < 4.78 is 5.34. The first-order valence-corrected chi connectivity index (χ1v) is 10.8. The molecule has 0 aromatic heterocycles. The molecule has 148 valence electrons. The van der Waals surface area contributed by atoms with E-state index in [2.05, 4.69) is 34.1 Å². The monoisotopic (exact) mass is 370 g/mol. The fourth-order valence-corrected chi connectivity index (χ4v) is 5.81. The van der Waals surface area contributed by atoms with Crippen molar-refractivity contribution >= 4 is 5.91 Å². The molecule has 0 bridgehead atoms. The van der Waals surface area contributed by atoms with Gasteiger partial charge in [-0.25, -0.2) is 0 Å². The number of likely N-dealkylation sites (tertiary alicyclic amines) is 2. The molecule has 2 heterocycles. The minimum atomic E-state index is 0.237. The fraction of sp³-hybridized carbons (Fsp3) is 0.696. The van der Waals surface area contributed by atoms with E-state index in [1.54, 1.807) is 14.0 Å². The fourth-order valence-electron chi connectivity index (χ4n) is 5.81. The van der Waals surface area contributed by atoms with Gasteiger partial charge in [0.2, 0.25) is 5.91 Å². The number of hydrogen-bond donors (Lipinski definition) is 0. The molecule has 3 aliphatic rings. The highest BCUT2D eigenvalue weighted by Crippen LogP contribution is 2.41. The van der Waals surface area contributed by atoms with Crippen LogP contribution in [0.2, 0.25) is 0 Å². The summed E-state index contributed by atoms with van der Waals surface area (Å²) in [7, 11) is 1.71. The summed E-state index contributed by atoms with van der Waals surface area (Å²) in [6, 6.07) is 9.39. The first-order chi connectivity index (χ1) is 13.2. The summed E-state index contributed by atoms with van der Waals surface area (Å²) in [5.74, 6) is 2.40. The third-order valence-corrected chi connectivity index (χ3v) is 7.13. The zero-order chi connectivity index (χ0) is 18.8. The van der Waals surface area contributed by atoms with Crippen molar-refractivity contribution in [3.63, 3.8) is 0 Å². The van der Waals surface area contributed by atoms with Crippen LogP contribution in [0.25, 0.3) is 0 Å². The quantitative estimate of drug-likeness (QED) is 0.801. The van der Waals surface area contributed by atoms with Gasteiger partial charge in [0, 0.05) is 38.0 Å². The molecule has 27 heavy (non-hydrogen) atoms. The number of rotatable bonds is 4. The van der Waals surface area contributed by atoms with Crippen molar-refractivity contribution in [3.05, 3.63) is 29.8 Å². The highest BCUT2D eigenvalue weighted by atomic mass is 16.5. The predicted octanol–water partition coefficient (Wildman–Crippen LogP) is 4.05. The van der Waals surface area contributed by atoms with E-state index in [9.17, 15) is 4.79 Å². The molecule has 4 nitrogen and oxygen atoms in total.